The summed E-state index contributed by atoms with van der Waals surface area (Å²) in [4.78, 5) is 16.2. The van der Waals surface area contributed by atoms with Crippen LogP contribution >= 0.6 is 0 Å². The SMILES string of the molecule is CCOc1cccc(-c2cc(C(=O)[O-])c3cccc(OC)c3n2)c1. The van der Waals surface area contributed by atoms with Gasteiger partial charge in [0.2, 0.25) is 0 Å². The lowest BCUT2D eigenvalue weighted by molar-refractivity contribution is -0.254. The van der Waals surface area contributed by atoms with Gasteiger partial charge in [-0.2, -0.15) is 0 Å². The van der Waals surface area contributed by atoms with E-state index in [2.05, 4.69) is 4.98 Å². The number of methoxy groups -OCH3 is 1. The summed E-state index contributed by atoms with van der Waals surface area (Å²) in [5.74, 6) is -0.0393. The number of hydrogen-bond acceptors (Lipinski definition) is 5. The zero-order valence-corrected chi connectivity index (χ0v) is 13.4. The monoisotopic (exact) mass is 322 g/mol. The zero-order chi connectivity index (χ0) is 17.1. The molecule has 1 aromatic heterocycles. The Morgan fingerprint density at radius 1 is 1.17 bits per heavy atom. The number of fused-ring (bicyclic) bond motifs is 1. The molecule has 0 aliphatic rings. The van der Waals surface area contributed by atoms with Gasteiger partial charge in [-0.05, 0) is 31.2 Å². The fourth-order valence-corrected chi connectivity index (χ4v) is 2.62. The Labute approximate surface area is 139 Å². The van der Waals surface area contributed by atoms with E-state index in [9.17, 15) is 9.90 Å². The first-order valence-electron chi connectivity index (χ1n) is 7.56. The van der Waals surface area contributed by atoms with Crippen LogP contribution in [0.5, 0.6) is 11.5 Å². The van der Waals surface area contributed by atoms with E-state index < -0.39 is 5.97 Å². The van der Waals surface area contributed by atoms with Crippen LogP contribution in [0.15, 0.2) is 48.5 Å². The molecule has 0 fully saturated rings. The Hall–Kier alpha value is -3.08. The molecular weight excluding hydrogens is 306 g/mol. The van der Waals surface area contributed by atoms with Gasteiger partial charge in [0.15, 0.2) is 0 Å². The lowest BCUT2D eigenvalue weighted by Crippen LogP contribution is -2.22. The van der Waals surface area contributed by atoms with Crippen molar-refractivity contribution in [2.75, 3.05) is 13.7 Å². The van der Waals surface area contributed by atoms with Crippen LogP contribution in [-0.2, 0) is 0 Å². The number of para-hydroxylation sites is 1. The first-order chi connectivity index (χ1) is 11.6. The van der Waals surface area contributed by atoms with Gasteiger partial charge in [-0.1, -0.05) is 24.3 Å². The highest BCUT2D eigenvalue weighted by Crippen LogP contribution is 2.31. The van der Waals surface area contributed by atoms with Gasteiger partial charge in [-0.25, -0.2) is 4.98 Å². The summed E-state index contributed by atoms with van der Waals surface area (Å²) in [6.07, 6.45) is 0. The molecule has 0 aliphatic carbocycles. The highest BCUT2D eigenvalue weighted by atomic mass is 16.5. The van der Waals surface area contributed by atoms with Crippen LogP contribution in [0.25, 0.3) is 22.2 Å². The van der Waals surface area contributed by atoms with Crippen molar-refractivity contribution in [1.29, 1.82) is 0 Å². The Kier molecular flexibility index (Phi) is 4.33. The van der Waals surface area contributed by atoms with Crippen molar-refractivity contribution in [1.82, 2.24) is 4.98 Å². The van der Waals surface area contributed by atoms with Crippen molar-refractivity contribution in [2.24, 2.45) is 0 Å². The third-order valence-electron chi connectivity index (χ3n) is 3.68. The van der Waals surface area contributed by atoms with Gasteiger partial charge >= 0.3 is 0 Å². The van der Waals surface area contributed by atoms with Crippen molar-refractivity contribution in [3.8, 4) is 22.8 Å². The minimum Gasteiger partial charge on any atom is -0.545 e. The molecule has 2 aromatic carbocycles. The number of aromatic nitrogens is 1. The number of carbonyl (C=O) groups is 1. The van der Waals surface area contributed by atoms with E-state index in [1.165, 1.54) is 13.2 Å². The second-order valence-corrected chi connectivity index (χ2v) is 5.16. The second kappa shape index (κ2) is 6.58. The molecule has 24 heavy (non-hydrogen) atoms. The van der Waals surface area contributed by atoms with E-state index in [1.807, 2.05) is 31.2 Å². The van der Waals surface area contributed by atoms with Crippen LogP contribution < -0.4 is 14.6 Å². The summed E-state index contributed by atoms with van der Waals surface area (Å²) < 4.78 is 10.8. The molecule has 5 heteroatoms. The number of hydrogen-bond donors (Lipinski definition) is 0. The van der Waals surface area contributed by atoms with Crippen molar-refractivity contribution in [3.05, 3.63) is 54.1 Å². The molecule has 3 aromatic rings. The van der Waals surface area contributed by atoms with Crippen LogP contribution in [0.1, 0.15) is 17.3 Å². The number of pyridine rings is 1. The van der Waals surface area contributed by atoms with E-state index >= 15 is 0 Å². The topological polar surface area (TPSA) is 71.5 Å². The smallest absolute Gasteiger partial charge is 0.145 e. The standard InChI is InChI=1S/C19H17NO4/c1-3-24-13-7-4-6-12(10-13)16-11-15(19(21)22)14-8-5-9-17(23-2)18(14)20-16/h4-11H,3H2,1-2H3,(H,21,22)/p-1. The van der Waals surface area contributed by atoms with Crippen LogP contribution in [-0.4, -0.2) is 24.7 Å². The number of aromatic carboxylic acids is 1. The quantitative estimate of drug-likeness (QED) is 0.722. The molecule has 0 atom stereocenters. The van der Waals surface area contributed by atoms with Gasteiger partial charge in [-0.15, -0.1) is 0 Å². The lowest BCUT2D eigenvalue weighted by Gasteiger charge is -2.13. The number of benzene rings is 2. The van der Waals surface area contributed by atoms with Crippen LogP contribution in [0.3, 0.4) is 0 Å². The molecule has 5 nitrogen and oxygen atoms in total. The average molecular weight is 322 g/mol. The lowest BCUT2D eigenvalue weighted by atomic mass is 10.0. The number of nitrogens with zero attached hydrogens (tertiary/aromatic N) is 1. The number of rotatable bonds is 5. The molecule has 3 rings (SSSR count). The molecule has 1 heterocycles. The van der Waals surface area contributed by atoms with Gasteiger partial charge in [-0.3, -0.25) is 0 Å². The van der Waals surface area contributed by atoms with E-state index in [-0.39, 0.29) is 5.56 Å². The second-order valence-electron chi connectivity index (χ2n) is 5.16. The first-order valence-corrected chi connectivity index (χ1v) is 7.56. The van der Waals surface area contributed by atoms with Gasteiger partial charge in [0.1, 0.15) is 17.0 Å². The Balaban J connectivity index is 2.25. The van der Waals surface area contributed by atoms with Crippen LogP contribution in [0.4, 0.5) is 0 Å². The summed E-state index contributed by atoms with van der Waals surface area (Å²) in [5.41, 5.74) is 1.85. The molecule has 0 bridgehead atoms. The predicted molar refractivity (Wildman–Crippen MR) is 89.2 cm³/mol. The van der Waals surface area contributed by atoms with Gasteiger partial charge in [0, 0.05) is 16.5 Å². The number of carbonyl (C=O) groups excluding carboxylic acids is 1. The molecule has 0 aliphatic heterocycles. The van der Waals surface area contributed by atoms with Gasteiger partial charge < -0.3 is 19.4 Å². The van der Waals surface area contributed by atoms with Crippen molar-refractivity contribution in [2.45, 2.75) is 6.92 Å². The maximum atomic E-state index is 11.6. The number of carboxylic acids is 1. The minimum absolute atomic E-state index is 0.0794. The van der Waals surface area contributed by atoms with Crippen molar-refractivity contribution in [3.63, 3.8) is 0 Å². The molecular formula is C19H16NO4-. The Morgan fingerprint density at radius 2 is 1.96 bits per heavy atom. The van der Waals surface area contributed by atoms with Crippen LogP contribution in [0.2, 0.25) is 0 Å². The summed E-state index contributed by atoms with van der Waals surface area (Å²) in [6.45, 7) is 2.45. The summed E-state index contributed by atoms with van der Waals surface area (Å²) in [5, 5.41) is 12.0. The highest BCUT2D eigenvalue weighted by molar-refractivity contribution is 6.04. The third-order valence-corrected chi connectivity index (χ3v) is 3.68. The molecule has 0 unspecified atom stereocenters. The predicted octanol–water partition coefficient (Wildman–Crippen LogP) is 2.67. The molecule has 0 amide bonds. The summed E-state index contributed by atoms with van der Waals surface area (Å²) in [6, 6.07) is 14.0. The summed E-state index contributed by atoms with van der Waals surface area (Å²) in [7, 11) is 1.53. The maximum Gasteiger partial charge on any atom is 0.145 e. The Morgan fingerprint density at radius 3 is 2.67 bits per heavy atom. The van der Waals surface area contributed by atoms with Crippen LogP contribution in [0, 0.1) is 0 Å². The van der Waals surface area contributed by atoms with E-state index in [0.29, 0.717) is 34.7 Å². The molecule has 0 saturated heterocycles. The molecule has 122 valence electrons. The summed E-state index contributed by atoms with van der Waals surface area (Å²) >= 11 is 0. The van der Waals surface area contributed by atoms with Gasteiger partial charge in [0.25, 0.3) is 0 Å². The fourth-order valence-electron chi connectivity index (χ4n) is 2.62. The maximum absolute atomic E-state index is 11.6. The normalized spacial score (nSPS) is 10.6. The molecule has 0 spiro atoms. The van der Waals surface area contributed by atoms with Crippen molar-refractivity contribution < 1.29 is 19.4 Å². The van der Waals surface area contributed by atoms with E-state index in [0.717, 1.165) is 5.56 Å². The largest absolute Gasteiger partial charge is 0.545 e. The minimum atomic E-state index is -1.25. The third kappa shape index (κ3) is 2.88. The number of ether oxygens (including phenoxy) is 2. The highest BCUT2D eigenvalue weighted by Gasteiger charge is 2.12. The Bertz CT molecular complexity index is 905. The van der Waals surface area contributed by atoms with E-state index in [1.54, 1.807) is 18.2 Å². The molecule has 0 saturated carbocycles. The fraction of sp³-hybridized carbons (Fsp3) is 0.158. The average Bonchev–Trinajstić information content (AvgIpc) is 2.60. The van der Waals surface area contributed by atoms with E-state index in [4.69, 9.17) is 9.47 Å². The first kappa shape index (κ1) is 15.8. The molecule has 0 N–H and O–H groups in total. The molecule has 0 radical (unpaired) electrons. The zero-order valence-electron chi connectivity index (χ0n) is 13.4. The van der Waals surface area contributed by atoms with Gasteiger partial charge in [0.05, 0.1) is 25.4 Å². The number of carboxylic acid groups (broad SMARTS) is 1. The van der Waals surface area contributed by atoms with Crippen molar-refractivity contribution >= 4 is 16.9 Å².